The Kier molecular flexibility index (Phi) is 8.59. The lowest BCUT2D eigenvalue weighted by molar-refractivity contribution is 0.445. The third kappa shape index (κ3) is 5.95. The molecule has 0 saturated heterocycles. The van der Waals surface area contributed by atoms with E-state index in [4.69, 9.17) is 4.42 Å². The number of nitrogens with zero attached hydrogens (tertiary/aromatic N) is 2. The van der Waals surface area contributed by atoms with Gasteiger partial charge in [0.25, 0.3) is 0 Å². The summed E-state index contributed by atoms with van der Waals surface area (Å²) in [6, 6.07) is 73.3. The van der Waals surface area contributed by atoms with E-state index >= 15 is 0 Å². The molecular weight excluding hydrogens is 741 g/mol. The Morgan fingerprint density at radius 2 is 1.11 bits per heavy atom. The van der Waals surface area contributed by atoms with Crippen LogP contribution in [-0.4, -0.2) is 4.57 Å². The first-order chi connectivity index (χ1) is 30.3. The molecule has 1 aliphatic carbocycles. The number of hydrogen-bond donors (Lipinski definition) is 0. The van der Waals surface area contributed by atoms with Gasteiger partial charge in [-0.05, 0) is 119 Å². The first-order valence-corrected chi connectivity index (χ1v) is 21.8. The van der Waals surface area contributed by atoms with Crippen molar-refractivity contribution in [2.24, 2.45) is 0 Å². The summed E-state index contributed by atoms with van der Waals surface area (Å²) in [4.78, 5) is 2.48. The summed E-state index contributed by atoms with van der Waals surface area (Å²) in [6.45, 7) is 0. The van der Waals surface area contributed by atoms with Crippen molar-refractivity contribution in [2.75, 3.05) is 4.90 Å². The lowest BCUT2D eigenvalue weighted by atomic mass is 9.80. The zero-order valence-corrected chi connectivity index (χ0v) is 34.0. The minimum Gasteiger partial charge on any atom is -0.456 e. The minimum atomic E-state index is 0.573. The van der Waals surface area contributed by atoms with Gasteiger partial charge in [0, 0.05) is 33.1 Å². The van der Waals surface area contributed by atoms with Gasteiger partial charge in [-0.3, -0.25) is 0 Å². The SMILES string of the molecule is c1ccc(-n2c3ccccc3c3cc(-c4cccc(N(c5ccccc5-c5cccc6cccc(C7CCCCC7)c56)c5cccc6oc7ccccc7c56)c4)ccc32)cc1. The average Bonchev–Trinajstić information content (AvgIpc) is 3.88. The fourth-order valence-corrected chi connectivity index (χ4v) is 10.4. The Labute approximate surface area is 355 Å². The van der Waals surface area contributed by atoms with Crippen LogP contribution in [-0.2, 0) is 0 Å². The quantitative estimate of drug-likeness (QED) is 0.161. The summed E-state index contributed by atoms with van der Waals surface area (Å²) >= 11 is 0. The molecule has 0 amide bonds. The summed E-state index contributed by atoms with van der Waals surface area (Å²) in [6.07, 6.45) is 6.44. The monoisotopic (exact) mass is 784 g/mol. The number of anilines is 3. The summed E-state index contributed by atoms with van der Waals surface area (Å²) in [5, 5.41) is 7.38. The standard InChI is InChI=1S/C58H44N2O/c1-3-17-39(18-4-1)45-28-14-19-40-20-15-29-48(57(40)45)46-25-7-10-30-51(46)60(54-32-16-34-56-58(54)49-27-9-12-33-55(49)61-56)44-24-13-21-41(37-44)42-35-36-53-50(38-42)47-26-8-11-31-52(47)59(53)43-22-5-2-6-23-43/h2,5-16,19-39H,1,3-4,17-18H2. The molecule has 12 rings (SSSR count). The number of hydrogen-bond acceptors (Lipinski definition) is 2. The molecule has 0 bridgehead atoms. The van der Waals surface area contributed by atoms with E-state index in [0.717, 1.165) is 50.3 Å². The molecule has 11 aromatic rings. The number of rotatable bonds is 7. The Morgan fingerprint density at radius 1 is 0.443 bits per heavy atom. The molecule has 1 fully saturated rings. The van der Waals surface area contributed by atoms with E-state index in [-0.39, 0.29) is 0 Å². The third-order valence-corrected chi connectivity index (χ3v) is 13.2. The topological polar surface area (TPSA) is 21.3 Å². The summed E-state index contributed by atoms with van der Waals surface area (Å²) in [5.74, 6) is 0.573. The van der Waals surface area contributed by atoms with Gasteiger partial charge >= 0.3 is 0 Å². The molecule has 1 aliphatic rings. The molecule has 3 heteroatoms. The number of para-hydroxylation sites is 4. The van der Waals surface area contributed by atoms with Gasteiger partial charge in [-0.2, -0.15) is 0 Å². The maximum atomic E-state index is 6.54. The molecule has 292 valence electrons. The predicted octanol–water partition coefficient (Wildman–Crippen LogP) is 16.7. The second-order valence-corrected chi connectivity index (χ2v) is 16.7. The second kappa shape index (κ2) is 14.7. The van der Waals surface area contributed by atoms with Crippen LogP contribution >= 0.6 is 0 Å². The fraction of sp³-hybridized carbons (Fsp3) is 0.103. The Hall–Kier alpha value is -7.36. The Morgan fingerprint density at radius 3 is 2.02 bits per heavy atom. The molecule has 2 aromatic heterocycles. The predicted molar refractivity (Wildman–Crippen MR) is 257 cm³/mol. The molecule has 9 aromatic carbocycles. The molecule has 0 atom stereocenters. The van der Waals surface area contributed by atoms with Crippen LogP contribution < -0.4 is 4.90 Å². The molecule has 0 spiro atoms. The lowest BCUT2D eigenvalue weighted by Gasteiger charge is -2.30. The van der Waals surface area contributed by atoms with Crippen molar-refractivity contribution in [3.05, 3.63) is 206 Å². The van der Waals surface area contributed by atoms with Gasteiger partial charge in [0.2, 0.25) is 0 Å². The van der Waals surface area contributed by atoms with Gasteiger partial charge in [0.15, 0.2) is 0 Å². The van der Waals surface area contributed by atoms with E-state index < -0.39 is 0 Å². The van der Waals surface area contributed by atoms with E-state index in [1.807, 2.05) is 0 Å². The van der Waals surface area contributed by atoms with Gasteiger partial charge in [-0.15, -0.1) is 0 Å². The van der Waals surface area contributed by atoms with Gasteiger partial charge in [0.05, 0.1) is 27.8 Å². The highest BCUT2D eigenvalue weighted by atomic mass is 16.3. The molecule has 61 heavy (non-hydrogen) atoms. The summed E-state index contributed by atoms with van der Waals surface area (Å²) in [7, 11) is 0. The third-order valence-electron chi connectivity index (χ3n) is 13.2. The highest BCUT2D eigenvalue weighted by Gasteiger charge is 2.25. The van der Waals surface area contributed by atoms with Gasteiger partial charge < -0.3 is 13.9 Å². The highest BCUT2D eigenvalue weighted by molar-refractivity contribution is 6.15. The Balaban J connectivity index is 1.08. The fourth-order valence-electron chi connectivity index (χ4n) is 10.4. The zero-order chi connectivity index (χ0) is 40.3. The average molecular weight is 785 g/mol. The Bertz CT molecular complexity index is 3420. The van der Waals surface area contributed by atoms with Crippen LogP contribution in [0, 0.1) is 0 Å². The van der Waals surface area contributed by atoms with E-state index in [1.54, 1.807) is 0 Å². The van der Waals surface area contributed by atoms with Crippen LogP contribution in [0.15, 0.2) is 205 Å². The van der Waals surface area contributed by atoms with Gasteiger partial charge in [-0.1, -0.05) is 153 Å². The molecule has 0 unspecified atom stereocenters. The minimum absolute atomic E-state index is 0.573. The molecule has 0 N–H and O–H groups in total. The maximum Gasteiger partial charge on any atom is 0.137 e. The van der Waals surface area contributed by atoms with Crippen LogP contribution in [0.2, 0.25) is 0 Å². The first-order valence-electron chi connectivity index (χ1n) is 21.8. The molecule has 2 heterocycles. The molecule has 1 saturated carbocycles. The zero-order valence-electron chi connectivity index (χ0n) is 34.0. The van der Waals surface area contributed by atoms with Crippen molar-refractivity contribution in [1.29, 1.82) is 0 Å². The largest absolute Gasteiger partial charge is 0.456 e. The maximum absolute atomic E-state index is 6.54. The van der Waals surface area contributed by atoms with Crippen molar-refractivity contribution in [3.63, 3.8) is 0 Å². The van der Waals surface area contributed by atoms with Gasteiger partial charge in [-0.25, -0.2) is 0 Å². The number of aromatic nitrogens is 1. The summed E-state index contributed by atoms with van der Waals surface area (Å²) < 4.78 is 8.93. The van der Waals surface area contributed by atoms with Crippen molar-refractivity contribution in [1.82, 2.24) is 4.57 Å². The first kappa shape index (κ1) is 35.6. The number of fused-ring (bicyclic) bond motifs is 7. The highest BCUT2D eigenvalue weighted by Crippen LogP contribution is 2.49. The van der Waals surface area contributed by atoms with E-state index in [1.165, 1.54) is 86.9 Å². The van der Waals surface area contributed by atoms with E-state index in [9.17, 15) is 0 Å². The summed E-state index contributed by atoms with van der Waals surface area (Å²) in [5.41, 5.74) is 14.9. The van der Waals surface area contributed by atoms with Crippen LogP contribution in [0.5, 0.6) is 0 Å². The normalized spacial score (nSPS) is 13.5. The van der Waals surface area contributed by atoms with E-state index in [0.29, 0.717) is 5.92 Å². The number of benzene rings is 9. The van der Waals surface area contributed by atoms with Crippen molar-refractivity contribution >= 4 is 71.6 Å². The molecule has 3 nitrogen and oxygen atoms in total. The van der Waals surface area contributed by atoms with Crippen LogP contribution in [0.4, 0.5) is 17.1 Å². The van der Waals surface area contributed by atoms with Gasteiger partial charge in [0.1, 0.15) is 11.2 Å². The smallest absolute Gasteiger partial charge is 0.137 e. The molecule has 0 aliphatic heterocycles. The van der Waals surface area contributed by atoms with Crippen LogP contribution in [0.3, 0.4) is 0 Å². The number of furan rings is 1. The second-order valence-electron chi connectivity index (χ2n) is 16.7. The molecule has 0 radical (unpaired) electrons. The lowest BCUT2D eigenvalue weighted by Crippen LogP contribution is -2.12. The van der Waals surface area contributed by atoms with Crippen LogP contribution in [0.25, 0.3) is 82.5 Å². The van der Waals surface area contributed by atoms with Crippen molar-refractivity contribution in [3.8, 4) is 27.9 Å². The van der Waals surface area contributed by atoms with E-state index in [2.05, 4.69) is 210 Å². The van der Waals surface area contributed by atoms with Crippen molar-refractivity contribution in [2.45, 2.75) is 38.0 Å². The molecular formula is C58H44N2O. The van der Waals surface area contributed by atoms with Crippen molar-refractivity contribution < 1.29 is 4.42 Å². The van der Waals surface area contributed by atoms with Crippen LogP contribution in [0.1, 0.15) is 43.6 Å².